The van der Waals surface area contributed by atoms with E-state index in [2.05, 4.69) is 4.99 Å². The third-order valence-corrected chi connectivity index (χ3v) is 3.18. The summed E-state index contributed by atoms with van der Waals surface area (Å²) in [5.41, 5.74) is 6.94. The van der Waals surface area contributed by atoms with E-state index in [4.69, 9.17) is 10.5 Å². The van der Waals surface area contributed by atoms with E-state index in [1.54, 1.807) is 0 Å². The van der Waals surface area contributed by atoms with Crippen LogP contribution in [0.2, 0.25) is 0 Å². The van der Waals surface area contributed by atoms with Gasteiger partial charge in [0.1, 0.15) is 11.6 Å². The minimum Gasteiger partial charge on any atom is -0.494 e. The van der Waals surface area contributed by atoms with Crippen molar-refractivity contribution in [2.24, 2.45) is 16.6 Å². The number of benzene rings is 1. The van der Waals surface area contributed by atoms with Crippen LogP contribution in [-0.2, 0) is 0 Å². The first kappa shape index (κ1) is 12.0. The van der Waals surface area contributed by atoms with E-state index < -0.39 is 0 Å². The van der Waals surface area contributed by atoms with Gasteiger partial charge in [0, 0.05) is 5.92 Å². The summed E-state index contributed by atoms with van der Waals surface area (Å²) in [5, 5.41) is 0. The number of ether oxygens (including phenoxy) is 1. The third kappa shape index (κ3) is 3.22. The van der Waals surface area contributed by atoms with Gasteiger partial charge in [-0.2, -0.15) is 0 Å². The van der Waals surface area contributed by atoms with Gasteiger partial charge in [-0.3, -0.25) is 0 Å². The van der Waals surface area contributed by atoms with Gasteiger partial charge < -0.3 is 10.5 Å². The first-order chi connectivity index (χ1) is 8.29. The van der Waals surface area contributed by atoms with E-state index in [1.807, 2.05) is 31.2 Å². The van der Waals surface area contributed by atoms with Gasteiger partial charge in [0.2, 0.25) is 0 Å². The van der Waals surface area contributed by atoms with Crippen molar-refractivity contribution in [3.63, 3.8) is 0 Å². The van der Waals surface area contributed by atoms with Gasteiger partial charge in [-0.15, -0.1) is 0 Å². The van der Waals surface area contributed by atoms with Crippen molar-refractivity contribution >= 4 is 11.5 Å². The zero-order chi connectivity index (χ0) is 12.1. The standard InChI is InChI=1S/C14H20N2O/c1-2-17-13-9-7-12(8-10-13)16-14(15)11-5-3-4-6-11/h7-11H,2-6H2,1H3,(H2,15,16). The first-order valence-corrected chi connectivity index (χ1v) is 6.36. The molecule has 1 aliphatic rings. The normalized spacial score (nSPS) is 17.4. The smallest absolute Gasteiger partial charge is 0.119 e. The number of hydrogen-bond acceptors (Lipinski definition) is 2. The van der Waals surface area contributed by atoms with Gasteiger partial charge in [0.15, 0.2) is 0 Å². The topological polar surface area (TPSA) is 47.6 Å². The lowest BCUT2D eigenvalue weighted by Gasteiger charge is -2.08. The van der Waals surface area contributed by atoms with Crippen molar-refractivity contribution in [3.05, 3.63) is 24.3 Å². The van der Waals surface area contributed by atoms with Crippen LogP contribution in [0.25, 0.3) is 0 Å². The maximum Gasteiger partial charge on any atom is 0.119 e. The summed E-state index contributed by atoms with van der Waals surface area (Å²) in [4.78, 5) is 4.48. The second kappa shape index (κ2) is 5.71. The Bertz CT molecular complexity index is 378. The Kier molecular flexibility index (Phi) is 4.02. The average molecular weight is 232 g/mol. The number of hydrogen-bond donors (Lipinski definition) is 1. The molecule has 1 aromatic carbocycles. The highest BCUT2D eigenvalue weighted by Gasteiger charge is 2.18. The molecule has 0 spiro atoms. The van der Waals surface area contributed by atoms with Crippen LogP contribution in [0.3, 0.4) is 0 Å². The summed E-state index contributed by atoms with van der Waals surface area (Å²) in [5.74, 6) is 2.15. The molecule has 0 radical (unpaired) electrons. The molecule has 0 atom stereocenters. The maximum absolute atomic E-state index is 6.03. The van der Waals surface area contributed by atoms with Crippen LogP contribution in [-0.4, -0.2) is 12.4 Å². The molecule has 0 aromatic heterocycles. The van der Waals surface area contributed by atoms with Gasteiger partial charge in [0.25, 0.3) is 0 Å². The lowest BCUT2D eigenvalue weighted by Crippen LogP contribution is -2.20. The highest BCUT2D eigenvalue weighted by molar-refractivity contribution is 5.85. The number of nitrogens with two attached hydrogens (primary N) is 1. The molecule has 3 heteroatoms. The molecular formula is C14H20N2O. The summed E-state index contributed by atoms with van der Waals surface area (Å²) in [6.45, 7) is 2.66. The zero-order valence-electron chi connectivity index (χ0n) is 10.4. The monoisotopic (exact) mass is 232 g/mol. The molecule has 1 fully saturated rings. The van der Waals surface area contributed by atoms with Gasteiger partial charge >= 0.3 is 0 Å². The van der Waals surface area contributed by atoms with E-state index in [0.717, 1.165) is 17.3 Å². The Morgan fingerprint density at radius 2 is 1.94 bits per heavy atom. The van der Waals surface area contributed by atoms with Crippen LogP contribution >= 0.6 is 0 Å². The second-order valence-corrected chi connectivity index (χ2v) is 4.44. The molecule has 0 bridgehead atoms. The Hall–Kier alpha value is -1.51. The van der Waals surface area contributed by atoms with Crippen LogP contribution < -0.4 is 10.5 Å². The SMILES string of the molecule is CCOc1ccc(N=C(N)C2CCCC2)cc1. The van der Waals surface area contributed by atoms with Gasteiger partial charge in [-0.05, 0) is 44.0 Å². The van der Waals surface area contributed by atoms with Crippen molar-refractivity contribution in [1.82, 2.24) is 0 Å². The Labute approximate surface area is 103 Å². The number of amidine groups is 1. The molecular weight excluding hydrogens is 212 g/mol. The number of rotatable bonds is 4. The highest BCUT2D eigenvalue weighted by atomic mass is 16.5. The summed E-state index contributed by atoms with van der Waals surface area (Å²) in [6, 6.07) is 7.77. The van der Waals surface area contributed by atoms with Crippen molar-refractivity contribution in [2.45, 2.75) is 32.6 Å². The number of aliphatic imine (C=N–C) groups is 1. The highest BCUT2D eigenvalue weighted by Crippen LogP contribution is 2.26. The Balaban J connectivity index is 2.04. The molecule has 0 aliphatic heterocycles. The molecule has 0 heterocycles. The Morgan fingerprint density at radius 3 is 2.53 bits per heavy atom. The quantitative estimate of drug-likeness (QED) is 0.639. The van der Waals surface area contributed by atoms with E-state index in [-0.39, 0.29) is 0 Å². The van der Waals surface area contributed by atoms with E-state index in [0.29, 0.717) is 12.5 Å². The van der Waals surface area contributed by atoms with Crippen molar-refractivity contribution in [3.8, 4) is 5.75 Å². The minimum atomic E-state index is 0.488. The first-order valence-electron chi connectivity index (χ1n) is 6.36. The summed E-state index contributed by atoms with van der Waals surface area (Å²) in [7, 11) is 0. The fourth-order valence-corrected chi connectivity index (χ4v) is 2.25. The maximum atomic E-state index is 6.03. The molecule has 92 valence electrons. The lowest BCUT2D eigenvalue weighted by atomic mass is 10.1. The second-order valence-electron chi connectivity index (χ2n) is 4.44. The summed E-state index contributed by atoms with van der Waals surface area (Å²) in [6.07, 6.45) is 4.94. The van der Waals surface area contributed by atoms with Crippen LogP contribution in [0.1, 0.15) is 32.6 Å². The van der Waals surface area contributed by atoms with Crippen molar-refractivity contribution < 1.29 is 4.74 Å². The molecule has 1 saturated carbocycles. The summed E-state index contributed by atoms with van der Waals surface area (Å²) >= 11 is 0. The van der Waals surface area contributed by atoms with Crippen LogP contribution in [0, 0.1) is 5.92 Å². The molecule has 17 heavy (non-hydrogen) atoms. The van der Waals surface area contributed by atoms with Gasteiger partial charge in [-0.25, -0.2) is 4.99 Å². The Morgan fingerprint density at radius 1 is 1.29 bits per heavy atom. The molecule has 0 saturated heterocycles. The van der Waals surface area contributed by atoms with E-state index in [1.165, 1.54) is 25.7 Å². The van der Waals surface area contributed by atoms with E-state index >= 15 is 0 Å². The fraction of sp³-hybridized carbons (Fsp3) is 0.500. The van der Waals surface area contributed by atoms with Crippen LogP contribution in [0.5, 0.6) is 5.75 Å². The molecule has 2 N–H and O–H groups in total. The van der Waals surface area contributed by atoms with Crippen molar-refractivity contribution in [1.29, 1.82) is 0 Å². The predicted octanol–water partition coefficient (Wildman–Crippen LogP) is 3.26. The van der Waals surface area contributed by atoms with Gasteiger partial charge in [0.05, 0.1) is 12.3 Å². The lowest BCUT2D eigenvalue weighted by molar-refractivity contribution is 0.340. The molecule has 1 aliphatic carbocycles. The molecule has 1 aromatic rings. The molecule has 3 nitrogen and oxygen atoms in total. The van der Waals surface area contributed by atoms with Crippen LogP contribution in [0.15, 0.2) is 29.3 Å². The molecule has 2 rings (SSSR count). The van der Waals surface area contributed by atoms with Crippen LogP contribution in [0.4, 0.5) is 5.69 Å². The largest absolute Gasteiger partial charge is 0.494 e. The van der Waals surface area contributed by atoms with Crippen molar-refractivity contribution in [2.75, 3.05) is 6.61 Å². The summed E-state index contributed by atoms with van der Waals surface area (Å²) < 4.78 is 5.39. The fourth-order valence-electron chi connectivity index (χ4n) is 2.25. The zero-order valence-corrected chi connectivity index (χ0v) is 10.4. The average Bonchev–Trinajstić information content (AvgIpc) is 2.86. The van der Waals surface area contributed by atoms with E-state index in [9.17, 15) is 0 Å². The molecule has 0 amide bonds. The minimum absolute atomic E-state index is 0.488. The predicted molar refractivity (Wildman–Crippen MR) is 70.9 cm³/mol. The number of nitrogens with zero attached hydrogens (tertiary/aromatic N) is 1. The molecule has 0 unspecified atom stereocenters. The van der Waals surface area contributed by atoms with Gasteiger partial charge in [-0.1, -0.05) is 12.8 Å². The third-order valence-electron chi connectivity index (χ3n) is 3.18.